The van der Waals surface area contributed by atoms with Crippen molar-refractivity contribution in [1.82, 2.24) is 0 Å². The van der Waals surface area contributed by atoms with Gasteiger partial charge in [-0.3, -0.25) is 0 Å². The van der Waals surface area contributed by atoms with Gasteiger partial charge < -0.3 is 5.11 Å². The lowest BCUT2D eigenvalue weighted by Crippen LogP contribution is -2.55. The first kappa shape index (κ1) is 15.0. The van der Waals surface area contributed by atoms with E-state index in [1.807, 2.05) is 0 Å². The van der Waals surface area contributed by atoms with Gasteiger partial charge in [-0.05, 0) is 78.6 Å². The van der Waals surface area contributed by atoms with Crippen LogP contribution in [0, 0.1) is 34.5 Å². The largest absolute Gasteiger partial charge is 0.393 e. The Hall–Kier alpha value is -0.560. The Morgan fingerprint density at radius 1 is 1.27 bits per heavy atom. The number of hydrogen-bond acceptors (Lipinski definition) is 1. The third-order valence-corrected chi connectivity index (χ3v) is 8.27. The minimum atomic E-state index is -0.0985. The summed E-state index contributed by atoms with van der Waals surface area (Å²) in [6.07, 6.45) is 15.8. The first-order valence-electron chi connectivity index (χ1n) is 9.56. The first-order valence-corrected chi connectivity index (χ1v) is 9.56. The van der Waals surface area contributed by atoms with Crippen molar-refractivity contribution in [2.45, 2.75) is 71.8 Å². The molecule has 4 aliphatic rings. The Morgan fingerprint density at radius 2 is 2.09 bits per heavy atom. The summed E-state index contributed by atoms with van der Waals surface area (Å²) in [7, 11) is 0. The second-order valence-electron chi connectivity index (χ2n) is 9.01. The van der Waals surface area contributed by atoms with E-state index in [-0.39, 0.29) is 11.5 Å². The summed E-state index contributed by atoms with van der Waals surface area (Å²) in [5.41, 5.74) is 2.14. The molecule has 1 unspecified atom stereocenters. The van der Waals surface area contributed by atoms with Gasteiger partial charge in [0.25, 0.3) is 0 Å². The van der Waals surface area contributed by atoms with E-state index in [1.165, 1.54) is 44.1 Å². The summed E-state index contributed by atoms with van der Waals surface area (Å²) in [6.45, 7) is 7.29. The fraction of sp³-hybridized carbons (Fsp3) is 0.810. The standard InChI is InChI=1S/C21H32O/c1-4-14-9-11-17-16-10-8-15-7-5-6-12-20(15,2)19(16)18(22)13-21(14,17)3/h5,7-8,14,16-19,22H,4,6,9-13H2,1-3H3/t14-,16-,17-,18?,19+,20-,21+/m0/s1. The van der Waals surface area contributed by atoms with Crippen LogP contribution in [0.3, 0.4) is 0 Å². The topological polar surface area (TPSA) is 20.2 Å². The Balaban J connectivity index is 1.74. The summed E-state index contributed by atoms with van der Waals surface area (Å²) in [5, 5.41) is 11.2. The normalized spacial score (nSPS) is 53.5. The molecule has 2 saturated carbocycles. The molecule has 0 amide bonds. The summed E-state index contributed by atoms with van der Waals surface area (Å²) < 4.78 is 0. The van der Waals surface area contributed by atoms with E-state index in [0.717, 1.165) is 18.3 Å². The molecule has 0 aromatic heterocycles. The summed E-state index contributed by atoms with van der Waals surface area (Å²) in [4.78, 5) is 0. The molecule has 4 rings (SSSR count). The van der Waals surface area contributed by atoms with E-state index in [0.29, 0.717) is 17.3 Å². The number of aliphatic hydroxyl groups is 1. The molecule has 22 heavy (non-hydrogen) atoms. The van der Waals surface area contributed by atoms with E-state index in [2.05, 4.69) is 39.0 Å². The van der Waals surface area contributed by atoms with Gasteiger partial charge in [0.1, 0.15) is 0 Å². The molecule has 0 radical (unpaired) electrons. The van der Waals surface area contributed by atoms with Crippen LogP contribution in [-0.4, -0.2) is 11.2 Å². The highest BCUT2D eigenvalue weighted by Crippen LogP contribution is 2.66. The fourth-order valence-electron chi connectivity index (χ4n) is 7.21. The molecule has 0 aromatic rings. The van der Waals surface area contributed by atoms with Crippen molar-refractivity contribution >= 4 is 0 Å². The monoisotopic (exact) mass is 300 g/mol. The molecule has 0 aromatic carbocycles. The molecule has 0 spiro atoms. The van der Waals surface area contributed by atoms with Crippen LogP contribution in [0.2, 0.25) is 0 Å². The third kappa shape index (κ3) is 1.81. The van der Waals surface area contributed by atoms with E-state index in [1.54, 1.807) is 0 Å². The summed E-state index contributed by atoms with van der Waals surface area (Å²) >= 11 is 0. The fourth-order valence-corrected chi connectivity index (χ4v) is 7.21. The molecular weight excluding hydrogens is 268 g/mol. The third-order valence-electron chi connectivity index (χ3n) is 8.27. The predicted molar refractivity (Wildman–Crippen MR) is 91.4 cm³/mol. The van der Waals surface area contributed by atoms with Crippen molar-refractivity contribution in [2.75, 3.05) is 0 Å². The quantitative estimate of drug-likeness (QED) is 0.713. The van der Waals surface area contributed by atoms with Gasteiger partial charge in [0.15, 0.2) is 0 Å². The van der Waals surface area contributed by atoms with Crippen molar-refractivity contribution in [3.8, 4) is 0 Å². The Kier molecular flexibility index (Phi) is 3.39. The first-order chi connectivity index (χ1) is 10.5. The molecule has 0 aliphatic heterocycles. The van der Waals surface area contributed by atoms with Crippen LogP contribution in [0.15, 0.2) is 23.8 Å². The second kappa shape index (κ2) is 4.97. The van der Waals surface area contributed by atoms with Crippen molar-refractivity contribution in [2.24, 2.45) is 34.5 Å². The Labute approximate surface area is 135 Å². The average Bonchev–Trinajstić information content (AvgIpc) is 2.82. The van der Waals surface area contributed by atoms with Crippen molar-refractivity contribution in [3.63, 3.8) is 0 Å². The zero-order valence-corrected chi connectivity index (χ0v) is 14.5. The molecule has 0 bridgehead atoms. The van der Waals surface area contributed by atoms with Crippen LogP contribution in [0.5, 0.6) is 0 Å². The van der Waals surface area contributed by atoms with Crippen LogP contribution in [0.4, 0.5) is 0 Å². The maximum Gasteiger partial charge on any atom is 0.0585 e. The number of hydrogen-bond donors (Lipinski definition) is 1. The molecular formula is C21H32O. The van der Waals surface area contributed by atoms with Gasteiger partial charge >= 0.3 is 0 Å². The Bertz CT molecular complexity index is 518. The molecule has 1 nitrogen and oxygen atoms in total. The molecule has 0 saturated heterocycles. The Morgan fingerprint density at radius 3 is 2.86 bits per heavy atom. The minimum absolute atomic E-state index is 0.0985. The lowest BCUT2D eigenvalue weighted by atomic mass is 9.47. The number of rotatable bonds is 1. The highest BCUT2D eigenvalue weighted by atomic mass is 16.3. The van der Waals surface area contributed by atoms with Crippen LogP contribution in [-0.2, 0) is 0 Å². The van der Waals surface area contributed by atoms with Gasteiger partial charge in [0, 0.05) is 0 Å². The van der Waals surface area contributed by atoms with Crippen molar-refractivity contribution < 1.29 is 5.11 Å². The van der Waals surface area contributed by atoms with Crippen LogP contribution in [0.25, 0.3) is 0 Å². The smallest absolute Gasteiger partial charge is 0.0585 e. The zero-order valence-electron chi connectivity index (χ0n) is 14.5. The minimum Gasteiger partial charge on any atom is -0.393 e. The molecule has 4 aliphatic carbocycles. The van der Waals surface area contributed by atoms with E-state index < -0.39 is 0 Å². The van der Waals surface area contributed by atoms with E-state index in [9.17, 15) is 5.11 Å². The molecule has 2 fully saturated rings. The second-order valence-corrected chi connectivity index (χ2v) is 9.01. The lowest BCUT2D eigenvalue weighted by molar-refractivity contribution is -0.117. The van der Waals surface area contributed by atoms with E-state index in [4.69, 9.17) is 0 Å². The van der Waals surface area contributed by atoms with Gasteiger partial charge in [-0.1, -0.05) is 45.4 Å². The van der Waals surface area contributed by atoms with Gasteiger partial charge in [0.2, 0.25) is 0 Å². The van der Waals surface area contributed by atoms with Gasteiger partial charge in [-0.15, -0.1) is 0 Å². The van der Waals surface area contributed by atoms with Gasteiger partial charge in [-0.2, -0.15) is 0 Å². The number of aliphatic hydroxyl groups excluding tert-OH is 1. The van der Waals surface area contributed by atoms with Gasteiger partial charge in [-0.25, -0.2) is 0 Å². The average molecular weight is 300 g/mol. The number of allylic oxidation sites excluding steroid dienone is 4. The highest BCUT2D eigenvalue weighted by molar-refractivity contribution is 5.34. The molecule has 1 N–H and O–H groups in total. The SMILES string of the molecule is CC[C@H]1CC[C@H]2[C@@H]3CC=C4C=CCC[C@]4(C)[C@H]3C(O)C[C@]12C. The predicted octanol–water partition coefficient (Wildman–Crippen LogP) is 5.11. The highest BCUT2D eigenvalue weighted by Gasteiger charge is 2.60. The molecule has 122 valence electrons. The number of fused-ring (bicyclic) bond motifs is 5. The van der Waals surface area contributed by atoms with Crippen LogP contribution in [0.1, 0.15) is 65.7 Å². The van der Waals surface area contributed by atoms with E-state index >= 15 is 0 Å². The van der Waals surface area contributed by atoms with Crippen LogP contribution >= 0.6 is 0 Å². The summed E-state index contributed by atoms with van der Waals surface area (Å²) in [6, 6.07) is 0. The molecule has 7 atom stereocenters. The molecule has 1 heteroatoms. The lowest BCUT2D eigenvalue weighted by Gasteiger charge is -2.58. The molecule has 0 heterocycles. The van der Waals surface area contributed by atoms with Crippen LogP contribution < -0.4 is 0 Å². The maximum absolute atomic E-state index is 11.2. The van der Waals surface area contributed by atoms with Gasteiger partial charge in [0.05, 0.1) is 6.10 Å². The van der Waals surface area contributed by atoms with Crippen molar-refractivity contribution in [3.05, 3.63) is 23.8 Å². The zero-order chi connectivity index (χ0) is 15.5. The summed E-state index contributed by atoms with van der Waals surface area (Å²) in [5.74, 6) is 2.88. The van der Waals surface area contributed by atoms with Crippen molar-refractivity contribution in [1.29, 1.82) is 0 Å². The maximum atomic E-state index is 11.2.